The molecule has 2 aromatic carbocycles. The van der Waals surface area contributed by atoms with Crippen molar-refractivity contribution in [3.05, 3.63) is 70.1 Å². The van der Waals surface area contributed by atoms with Gasteiger partial charge in [-0.3, -0.25) is 9.59 Å². The summed E-state index contributed by atoms with van der Waals surface area (Å²) in [6.07, 6.45) is 1.05. The molecule has 0 saturated carbocycles. The van der Waals surface area contributed by atoms with Crippen LogP contribution in [0, 0.1) is 6.92 Å². The third-order valence-corrected chi connectivity index (χ3v) is 5.07. The number of aryl methyl sites for hydroxylation is 1. The van der Waals surface area contributed by atoms with Gasteiger partial charge in [0.05, 0.1) is 10.3 Å². The van der Waals surface area contributed by atoms with Crippen LogP contribution in [-0.4, -0.2) is 33.2 Å². The number of carbonyl (C=O) groups is 2. The van der Waals surface area contributed by atoms with Crippen LogP contribution in [-0.2, 0) is 19.4 Å². The van der Waals surface area contributed by atoms with E-state index in [-0.39, 0.29) is 21.9 Å². The van der Waals surface area contributed by atoms with E-state index in [0.29, 0.717) is 5.39 Å². The normalized spacial score (nSPS) is 11.2. The largest absolute Gasteiger partial charge is 0.450 e. The molecule has 0 atom stereocenters. The van der Waals surface area contributed by atoms with Gasteiger partial charge >= 0.3 is 5.97 Å². The second-order valence-corrected chi connectivity index (χ2v) is 8.41. The Balaban J connectivity index is 1.68. The zero-order valence-corrected chi connectivity index (χ0v) is 16.4. The first-order chi connectivity index (χ1) is 13.6. The summed E-state index contributed by atoms with van der Waals surface area (Å²) in [6, 6.07) is 11.6. The Morgan fingerprint density at radius 2 is 1.86 bits per heavy atom. The SMILES string of the molecule is Cc1ccc2oc(C(=O)OCC(=O)Nc3cccc(S(C)(=O)=O)c3)cc(=O)c2c1. The molecule has 0 spiro atoms. The number of rotatable bonds is 5. The van der Waals surface area contributed by atoms with Crippen molar-refractivity contribution in [2.45, 2.75) is 11.8 Å². The standard InChI is InChI=1S/C20H17NO7S/c1-12-6-7-17-15(8-12)16(22)10-18(28-17)20(24)27-11-19(23)21-13-4-3-5-14(9-13)29(2,25)26/h3-10H,11H2,1-2H3,(H,21,23). The number of sulfone groups is 1. The van der Waals surface area contributed by atoms with Crippen molar-refractivity contribution in [1.82, 2.24) is 0 Å². The number of ether oxygens (including phenoxy) is 1. The van der Waals surface area contributed by atoms with E-state index in [2.05, 4.69) is 5.32 Å². The molecule has 0 aliphatic rings. The van der Waals surface area contributed by atoms with E-state index < -0.39 is 33.7 Å². The van der Waals surface area contributed by atoms with Crippen LogP contribution in [0.2, 0.25) is 0 Å². The molecule has 0 fully saturated rings. The molecule has 8 nitrogen and oxygen atoms in total. The molecule has 1 amide bonds. The van der Waals surface area contributed by atoms with E-state index in [1.807, 2.05) is 6.92 Å². The third kappa shape index (κ3) is 4.88. The van der Waals surface area contributed by atoms with Gasteiger partial charge in [-0.05, 0) is 37.3 Å². The number of esters is 1. The maximum absolute atomic E-state index is 12.2. The number of amides is 1. The Morgan fingerprint density at radius 1 is 1.10 bits per heavy atom. The quantitative estimate of drug-likeness (QED) is 0.635. The van der Waals surface area contributed by atoms with Crippen molar-refractivity contribution in [1.29, 1.82) is 0 Å². The minimum absolute atomic E-state index is 0.0421. The molecule has 3 aromatic rings. The van der Waals surface area contributed by atoms with Crippen molar-refractivity contribution in [2.75, 3.05) is 18.2 Å². The minimum atomic E-state index is -3.43. The van der Waals surface area contributed by atoms with Crippen LogP contribution in [0.3, 0.4) is 0 Å². The molecule has 0 radical (unpaired) electrons. The van der Waals surface area contributed by atoms with Crippen molar-refractivity contribution in [2.24, 2.45) is 0 Å². The van der Waals surface area contributed by atoms with Gasteiger partial charge in [0.25, 0.3) is 5.91 Å². The summed E-state index contributed by atoms with van der Waals surface area (Å²) in [7, 11) is -3.43. The molecule has 1 heterocycles. The average molecular weight is 415 g/mol. The highest BCUT2D eigenvalue weighted by Crippen LogP contribution is 2.16. The second-order valence-electron chi connectivity index (χ2n) is 6.40. The van der Waals surface area contributed by atoms with Gasteiger partial charge in [0.2, 0.25) is 5.76 Å². The Hall–Kier alpha value is -3.46. The minimum Gasteiger partial charge on any atom is -0.450 e. The summed E-state index contributed by atoms with van der Waals surface area (Å²) in [4.78, 5) is 36.3. The molecule has 0 aliphatic heterocycles. The van der Waals surface area contributed by atoms with E-state index in [4.69, 9.17) is 9.15 Å². The summed E-state index contributed by atoms with van der Waals surface area (Å²) < 4.78 is 33.4. The first-order valence-electron chi connectivity index (χ1n) is 8.45. The predicted octanol–water partition coefficient (Wildman–Crippen LogP) is 2.30. The van der Waals surface area contributed by atoms with Crippen LogP contribution in [0.5, 0.6) is 0 Å². The van der Waals surface area contributed by atoms with Gasteiger partial charge in [-0.2, -0.15) is 0 Å². The Labute approximate surface area is 166 Å². The molecule has 29 heavy (non-hydrogen) atoms. The summed E-state index contributed by atoms with van der Waals surface area (Å²) >= 11 is 0. The Morgan fingerprint density at radius 3 is 2.59 bits per heavy atom. The van der Waals surface area contributed by atoms with Gasteiger partial charge in [0, 0.05) is 18.0 Å². The smallest absolute Gasteiger partial charge is 0.374 e. The molecule has 1 N–H and O–H groups in total. The third-order valence-electron chi connectivity index (χ3n) is 3.96. The summed E-state index contributed by atoms with van der Waals surface area (Å²) in [5, 5.41) is 2.77. The Bertz CT molecular complexity index is 1280. The number of hydrogen-bond donors (Lipinski definition) is 1. The van der Waals surface area contributed by atoms with Crippen molar-refractivity contribution in [3.63, 3.8) is 0 Å². The summed E-state index contributed by atoms with van der Waals surface area (Å²) in [5.74, 6) is -1.97. The van der Waals surface area contributed by atoms with Crippen LogP contribution in [0.15, 0.2) is 62.6 Å². The fourth-order valence-electron chi connectivity index (χ4n) is 2.57. The number of benzene rings is 2. The lowest BCUT2D eigenvalue weighted by Crippen LogP contribution is -2.21. The first-order valence-corrected chi connectivity index (χ1v) is 10.3. The highest BCUT2D eigenvalue weighted by Gasteiger charge is 2.16. The fraction of sp³-hybridized carbons (Fsp3) is 0.150. The Kier molecular flexibility index (Phi) is 5.51. The molecule has 0 bridgehead atoms. The van der Waals surface area contributed by atoms with Crippen LogP contribution in [0.1, 0.15) is 16.1 Å². The zero-order valence-electron chi connectivity index (χ0n) is 15.6. The average Bonchev–Trinajstić information content (AvgIpc) is 2.66. The fourth-order valence-corrected chi connectivity index (χ4v) is 3.24. The van der Waals surface area contributed by atoms with E-state index in [1.54, 1.807) is 18.2 Å². The molecule has 1 aromatic heterocycles. The van der Waals surface area contributed by atoms with Gasteiger partial charge in [-0.1, -0.05) is 17.7 Å². The van der Waals surface area contributed by atoms with Gasteiger partial charge in [-0.15, -0.1) is 0 Å². The highest BCUT2D eigenvalue weighted by molar-refractivity contribution is 7.90. The lowest BCUT2D eigenvalue weighted by molar-refractivity contribution is -0.119. The molecular weight excluding hydrogens is 398 g/mol. The van der Waals surface area contributed by atoms with E-state index in [0.717, 1.165) is 17.9 Å². The summed E-state index contributed by atoms with van der Waals surface area (Å²) in [5.41, 5.74) is 0.944. The van der Waals surface area contributed by atoms with Crippen molar-refractivity contribution < 1.29 is 27.2 Å². The summed E-state index contributed by atoms with van der Waals surface area (Å²) in [6.45, 7) is 1.18. The van der Waals surface area contributed by atoms with Crippen LogP contribution < -0.4 is 10.7 Å². The maximum Gasteiger partial charge on any atom is 0.374 e. The van der Waals surface area contributed by atoms with Crippen LogP contribution >= 0.6 is 0 Å². The molecule has 150 valence electrons. The number of carbonyl (C=O) groups excluding carboxylic acids is 2. The monoisotopic (exact) mass is 415 g/mol. The zero-order chi connectivity index (χ0) is 21.2. The van der Waals surface area contributed by atoms with E-state index >= 15 is 0 Å². The number of anilines is 1. The number of fused-ring (bicyclic) bond motifs is 1. The number of hydrogen-bond acceptors (Lipinski definition) is 7. The van der Waals surface area contributed by atoms with Crippen molar-refractivity contribution in [3.8, 4) is 0 Å². The topological polar surface area (TPSA) is 120 Å². The molecule has 3 rings (SSSR count). The molecule has 0 unspecified atom stereocenters. The van der Waals surface area contributed by atoms with E-state index in [1.165, 1.54) is 24.3 Å². The molecule has 0 saturated heterocycles. The number of nitrogens with one attached hydrogen (secondary N) is 1. The van der Waals surface area contributed by atoms with Crippen molar-refractivity contribution >= 4 is 38.4 Å². The van der Waals surface area contributed by atoms with E-state index in [9.17, 15) is 22.8 Å². The second kappa shape index (κ2) is 7.88. The van der Waals surface area contributed by atoms with Crippen LogP contribution in [0.4, 0.5) is 5.69 Å². The van der Waals surface area contributed by atoms with Gasteiger partial charge in [-0.25, -0.2) is 13.2 Å². The molecular formula is C20H17NO7S. The first kappa shape index (κ1) is 20.3. The van der Waals surface area contributed by atoms with Gasteiger partial charge in [0.1, 0.15) is 5.58 Å². The maximum atomic E-state index is 12.2. The lowest BCUT2D eigenvalue weighted by Gasteiger charge is -2.08. The lowest BCUT2D eigenvalue weighted by atomic mass is 10.1. The highest BCUT2D eigenvalue weighted by atomic mass is 32.2. The van der Waals surface area contributed by atoms with Gasteiger partial charge < -0.3 is 14.5 Å². The van der Waals surface area contributed by atoms with Crippen LogP contribution in [0.25, 0.3) is 11.0 Å². The molecule has 9 heteroatoms. The predicted molar refractivity (Wildman–Crippen MR) is 106 cm³/mol. The van der Waals surface area contributed by atoms with Gasteiger partial charge in [0.15, 0.2) is 21.9 Å². The molecule has 0 aliphatic carbocycles.